The second-order valence-corrected chi connectivity index (χ2v) is 7.07. The summed E-state index contributed by atoms with van der Waals surface area (Å²) in [5.74, 6) is 0.104. The summed E-state index contributed by atoms with van der Waals surface area (Å²) in [5, 5.41) is 0. The maximum atomic E-state index is 14.1. The van der Waals surface area contributed by atoms with Crippen LogP contribution in [-0.4, -0.2) is 42.8 Å². The number of nitrogens with two attached hydrogens (primary N) is 1. The van der Waals surface area contributed by atoms with Crippen LogP contribution in [0.15, 0.2) is 18.2 Å². The lowest BCUT2D eigenvalue weighted by Crippen LogP contribution is -2.41. The summed E-state index contributed by atoms with van der Waals surface area (Å²) in [4.78, 5) is 13.8. The van der Waals surface area contributed by atoms with Gasteiger partial charge < -0.3 is 20.1 Å². The number of ether oxygens (including phenoxy) is 2. The van der Waals surface area contributed by atoms with Gasteiger partial charge in [0, 0.05) is 19.6 Å². The van der Waals surface area contributed by atoms with Crippen LogP contribution in [0.5, 0.6) is 5.75 Å². The van der Waals surface area contributed by atoms with Crippen molar-refractivity contribution in [1.29, 1.82) is 0 Å². The van der Waals surface area contributed by atoms with E-state index in [0.717, 1.165) is 18.4 Å². The fourth-order valence-electron chi connectivity index (χ4n) is 2.78. The number of likely N-dealkylation sites (tertiary alicyclic amines) is 1. The smallest absolute Gasteiger partial charge is 0.410 e. The van der Waals surface area contributed by atoms with Gasteiger partial charge in [-0.25, -0.2) is 9.18 Å². The third-order valence-electron chi connectivity index (χ3n) is 3.95. The van der Waals surface area contributed by atoms with Gasteiger partial charge in [0.05, 0.1) is 0 Å². The zero-order chi connectivity index (χ0) is 17.7. The zero-order valence-electron chi connectivity index (χ0n) is 14.7. The third kappa shape index (κ3) is 5.09. The van der Waals surface area contributed by atoms with E-state index in [1.807, 2.05) is 26.8 Å². The molecule has 2 N–H and O–H groups in total. The molecule has 1 aromatic carbocycles. The molecular formula is C18H27FN2O3. The lowest BCUT2D eigenvalue weighted by atomic mass is 9.89. The van der Waals surface area contributed by atoms with Gasteiger partial charge in [-0.2, -0.15) is 0 Å². The van der Waals surface area contributed by atoms with Crippen LogP contribution in [0.1, 0.15) is 45.1 Å². The van der Waals surface area contributed by atoms with Crippen LogP contribution in [0.3, 0.4) is 0 Å². The number of piperidine rings is 1. The number of halogens is 1. The second-order valence-electron chi connectivity index (χ2n) is 7.07. The van der Waals surface area contributed by atoms with E-state index in [9.17, 15) is 9.18 Å². The molecule has 1 amide bonds. The molecule has 1 aliphatic rings. The molecule has 0 radical (unpaired) electrons. The van der Waals surface area contributed by atoms with E-state index < -0.39 is 5.60 Å². The standard InChI is InChI=1S/C18H27FN2O3/c1-18(2,3)24-17(22)21-9-6-13(7-10-21)14-4-5-16(15(19)12-14)23-11-8-20/h4-5,12-13H,6-11,20H2,1-3H3. The summed E-state index contributed by atoms with van der Waals surface area (Å²) < 4.78 is 24.7. The van der Waals surface area contributed by atoms with Gasteiger partial charge in [0.1, 0.15) is 12.2 Å². The number of hydrogen-bond donors (Lipinski definition) is 1. The number of carbonyl (C=O) groups is 1. The number of amides is 1. The Hall–Kier alpha value is -1.82. The van der Waals surface area contributed by atoms with Gasteiger partial charge in [-0.1, -0.05) is 6.07 Å². The molecule has 5 nitrogen and oxygen atoms in total. The molecule has 1 saturated heterocycles. The van der Waals surface area contributed by atoms with Crippen LogP contribution in [0.4, 0.5) is 9.18 Å². The molecule has 1 aromatic rings. The molecule has 0 spiro atoms. The summed E-state index contributed by atoms with van der Waals surface area (Å²) in [7, 11) is 0. The normalized spacial score (nSPS) is 16.1. The van der Waals surface area contributed by atoms with Crippen molar-refractivity contribution in [3.63, 3.8) is 0 Å². The van der Waals surface area contributed by atoms with Gasteiger partial charge >= 0.3 is 6.09 Å². The molecule has 6 heteroatoms. The molecule has 1 aliphatic heterocycles. The average Bonchev–Trinajstić information content (AvgIpc) is 2.52. The monoisotopic (exact) mass is 338 g/mol. The van der Waals surface area contributed by atoms with E-state index in [-0.39, 0.29) is 23.6 Å². The molecule has 0 saturated carbocycles. The van der Waals surface area contributed by atoms with Crippen LogP contribution in [0.25, 0.3) is 0 Å². The highest BCUT2D eigenvalue weighted by molar-refractivity contribution is 5.68. The zero-order valence-corrected chi connectivity index (χ0v) is 14.7. The summed E-state index contributed by atoms with van der Waals surface area (Å²) >= 11 is 0. The summed E-state index contributed by atoms with van der Waals surface area (Å²) in [5.41, 5.74) is 5.81. The van der Waals surface area contributed by atoms with Crippen LogP contribution in [0.2, 0.25) is 0 Å². The van der Waals surface area contributed by atoms with E-state index in [0.29, 0.717) is 26.2 Å². The lowest BCUT2D eigenvalue weighted by Gasteiger charge is -2.33. The minimum atomic E-state index is -0.490. The average molecular weight is 338 g/mol. The van der Waals surface area contributed by atoms with Crippen molar-refractivity contribution in [2.45, 2.75) is 45.1 Å². The van der Waals surface area contributed by atoms with Crippen molar-refractivity contribution in [3.05, 3.63) is 29.6 Å². The van der Waals surface area contributed by atoms with Crippen LogP contribution in [0, 0.1) is 5.82 Å². The van der Waals surface area contributed by atoms with Crippen LogP contribution >= 0.6 is 0 Å². The quantitative estimate of drug-likeness (QED) is 0.915. The predicted octanol–water partition coefficient (Wildman–Crippen LogP) is 3.28. The minimum absolute atomic E-state index is 0.232. The molecule has 0 aliphatic carbocycles. The maximum Gasteiger partial charge on any atom is 0.410 e. The largest absolute Gasteiger partial charge is 0.489 e. The van der Waals surface area contributed by atoms with Crippen molar-refractivity contribution in [1.82, 2.24) is 4.90 Å². The molecule has 24 heavy (non-hydrogen) atoms. The lowest BCUT2D eigenvalue weighted by molar-refractivity contribution is 0.0205. The van der Waals surface area contributed by atoms with Crippen molar-refractivity contribution >= 4 is 6.09 Å². The van der Waals surface area contributed by atoms with Gasteiger partial charge in [0.15, 0.2) is 11.6 Å². The number of benzene rings is 1. The molecular weight excluding hydrogens is 311 g/mol. The molecule has 0 unspecified atom stereocenters. The molecule has 0 atom stereocenters. The SMILES string of the molecule is CC(C)(C)OC(=O)N1CCC(c2ccc(OCCN)c(F)c2)CC1. The van der Waals surface area contributed by atoms with E-state index >= 15 is 0 Å². The van der Waals surface area contributed by atoms with Gasteiger partial charge in [-0.3, -0.25) is 0 Å². The second kappa shape index (κ2) is 7.83. The van der Waals surface area contributed by atoms with Crippen molar-refractivity contribution in [2.75, 3.05) is 26.2 Å². The highest BCUT2D eigenvalue weighted by Gasteiger charge is 2.27. The van der Waals surface area contributed by atoms with E-state index in [2.05, 4.69) is 0 Å². The maximum absolute atomic E-state index is 14.1. The first-order valence-corrected chi connectivity index (χ1v) is 8.40. The van der Waals surface area contributed by atoms with E-state index in [1.165, 1.54) is 6.07 Å². The van der Waals surface area contributed by atoms with Crippen LogP contribution in [-0.2, 0) is 4.74 Å². The molecule has 1 heterocycles. The summed E-state index contributed by atoms with van der Waals surface area (Å²) in [6, 6.07) is 5.07. The van der Waals surface area contributed by atoms with Gasteiger partial charge in [-0.05, 0) is 57.2 Å². The molecule has 2 rings (SSSR count). The fraction of sp³-hybridized carbons (Fsp3) is 0.611. The number of hydrogen-bond acceptors (Lipinski definition) is 4. The first-order chi connectivity index (χ1) is 11.3. The Balaban J connectivity index is 1.92. The topological polar surface area (TPSA) is 64.8 Å². The van der Waals surface area contributed by atoms with E-state index in [4.69, 9.17) is 15.2 Å². The Labute approximate surface area is 142 Å². The van der Waals surface area contributed by atoms with Crippen molar-refractivity contribution < 1.29 is 18.7 Å². The van der Waals surface area contributed by atoms with E-state index in [1.54, 1.807) is 11.0 Å². The first kappa shape index (κ1) is 18.5. The van der Waals surface area contributed by atoms with Gasteiger partial charge in [-0.15, -0.1) is 0 Å². The van der Waals surface area contributed by atoms with Gasteiger partial charge in [0.25, 0.3) is 0 Å². The summed E-state index contributed by atoms with van der Waals surface area (Å²) in [6.07, 6.45) is 1.31. The molecule has 0 aromatic heterocycles. The Bertz CT molecular complexity index is 564. The number of nitrogens with zero attached hydrogens (tertiary/aromatic N) is 1. The highest BCUT2D eigenvalue weighted by atomic mass is 19.1. The van der Waals surface area contributed by atoms with Crippen LogP contribution < -0.4 is 10.5 Å². The molecule has 0 bridgehead atoms. The Morgan fingerprint density at radius 3 is 2.54 bits per heavy atom. The van der Waals surface area contributed by atoms with Gasteiger partial charge in [0.2, 0.25) is 0 Å². The predicted molar refractivity (Wildman–Crippen MR) is 90.7 cm³/mol. The molecule has 1 fully saturated rings. The fourth-order valence-corrected chi connectivity index (χ4v) is 2.78. The number of carbonyl (C=O) groups excluding carboxylic acids is 1. The minimum Gasteiger partial charge on any atom is -0.489 e. The Morgan fingerprint density at radius 2 is 2.00 bits per heavy atom. The molecule has 134 valence electrons. The van der Waals surface area contributed by atoms with Crippen molar-refractivity contribution in [2.24, 2.45) is 5.73 Å². The summed E-state index contributed by atoms with van der Waals surface area (Å²) in [6.45, 7) is 7.45. The number of rotatable bonds is 4. The first-order valence-electron chi connectivity index (χ1n) is 8.40. The Kier molecular flexibility index (Phi) is 6.04. The Morgan fingerprint density at radius 1 is 1.33 bits per heavy atom. The highest BCUT2D eigenvalue weighted by Crippen LogP contribution is 2.31. The third-order valence-corrected chi connectivity index (χ3v) is 3.95. The van der Waals surface area contributed by atoms with Crippen molar-refractivity contribution in [3.8, 4) is 5.75 Å².